The van der Waals surface area contributed by atoms with Gasteiger partial charge in [0.15, 0.2) is 0 Å². The molecule has 4 aliphatic carbocycles. The number of fused-ring (bicyclic) bond motifs is 3. The zero-order valence-corrected chi connectivity index (χ0v) is 68.1. The van der Waals surface area contributed by atoms with Gasteiger partial charge in [-0.05, 0) is 146 Å². The number of carbonyl (C=O) groups is 12. The first-order chi connectivity index (χ1) is 52.0. The number of halogens is 7. The fourth-order valence-corrected chi connectivity index (χ4v) is 18.0. The SMILES string of the molecule is CCC[C@H]1C(=O)N[C@@H]([C@@H](C)CC)C(=O)N(C2CC2)CC(=O)N(C)[C@H]2C/C=C\CCN(C2=O)[C@@H](CC2CCC(C(F)F)CC2)C(=O)N(C)CC(=O)N[C@@H](CCC2CC(F)C(C(F)(F)F)C(F)C2)C(=O)N2C[C@H](OC(C)C)C[C@H]2C(=O)NC2(CC(C)(C)C2)C(=O)N(C)[C@@H](C(CC)CC)C(=O)N(C)[C@H](C(=O)N(C)C)CC(=O)N1C. The molecule has 7 aliphatic rings. The first-order valence-corrected chi connectivity index (χ1v) is 40.2. The molecule has 628 valence electrons. The van der Waals surface area contributed by atoms with Crippen LogP contribution >= 0.6 is 0 Å². The Balaban J connectivity index is 1.36. The van der Waals surface area contributed by atoms with Gasteiger partial charge in [0.1, 0.15) is 78.7 Å². The lowest BCUT2D eigenvalue weighted by Gasteiger charge is -2.54. The average Bonchev–Trinajstić information content (AvgIpc) is 0.808. The van der Waals surface area contributed by atoms with Crippen molar-refractivity contribution in [1.29, 1.82) is 0 Å². The minimum atomic E-state index is -5.21. The van der Waals surface area contributed by atoms with Crippen LogP contribution in [0.4, 0.5) is 30.7 Å². The summed E-state index contributed by atoms with van der Waals surface area (Å²) < 4.78 is 108. The van der Waals surface area contributed by atoms with Crippen molar-refractivity contribution in [2.24, 2.45) is 40.9 Å². The van der Waals surface area contributed by atoms with Gasteiger partial charge in [-0.2, -0.15) is 13.2 Å². The van der Waals surface area contributed by atoms with Gasteiger partial charge in [0.2, 0.25) is 77.3 Å². The van der Waals surface area contributed by atoms with Crippen molar-refractivity contribution in [3.8, 4) is 0 Å². The van der Waals surface area contributed by atoms with Crippen LogP contribution in [0.5, 0.6) is 0 Å². The lowest BCUT2D eigenvalue weighted by molar-refractivity contribution is -0.219. The van der Waals surface area contributed by atoms with E-state index in [-0.39, 0.29) is 90.1 Å². The van der Waals surface area contributed by atoms with Crippen LogP contribution in [0.3, 0.4) is 0 Å². The van der Waals surface area contributed by atoms with E-state index in [4.69, 9.17) is 4.74 Å². The summed E-state index contributed by atoms with van der Waals surface area (Å²) in [4.78, 5) is 194. The molecule has 0 aromatic rings. The van der Waals surface area contributed by atoms with Crippen molar-refractivity contribution in [3.05, 3.63) is 12.2 Å². The van der Waals surface area contributed by atoms with Gasteiger partial charge in [0.05, 0.1) is 25.2 Å². The molecule has 6 fully saturated rings. The monoisotopic (exact) mass is 1580 g/mol. The number of rotatable bonds is 17. The molecule has 4 saturated carbocycles. The molecule has 3 N–H and O–H groups in total. The zero-order chi connectivity index (χ0) is 82.8. The Morgan fingerprint density at radius 1 is 0.649 bits per heavy atom. The van der Waals surface area contributed by atoms with Crippen LogP contribution in [0.1, 0.15) is 204 Å². The van der Waals surface area contributed by atoms with Gasteiger partial charge >= 0.3 is 6.18 Å². The van der Waals surface area contributed by atoms with Crippen molar-refractivity contribution in [3.63, 3.8) is 0 Å². The minimum Gasteiger partial charge on any atom is -0.374 e. The first-order valence-electron chi connectivity index (χ1n) is 40.2. The Bertz CT molecular complexity index is 3310. The Morgan fingerprint density at radius 2 is 1.27 bits per heavy atom. The number of ether oxygens (including phenoxy) is 1. The van der Waals surface area contributed by atoms with Gasteiger partial charge in [0, 0.05) is 80.8 Å². The van der Waals surface area contributed by atoms with Crippen LogP contribution in [0.25, 0.3) is 0 Å². The maximum atomic E-state index is 15.8. The van der Waals surface area contributed by atoms with E-state index in [0.717, 1.165) is 14.7 Å². The third kappa shape index (κ3) is 22.2. The van der Waals surface area contributed by atoms with Crippen molar-refractivity contribution < 1.29 is 93.0 Å². The number of likely N-dealkylation sites (N-methyl/N-ethyl adjacent to an activating group) is 6. The Labute approximate surface area is 650 Å². The standard InChI is InChI=1S/C79H125F7N12O13/c1-17-24-56-68(102)88-65(46(7)18-2)74(108)97(51-31-32-51)42-63(101)93(14)57-25-22-21-23-34-96(73(57)107)60(37-47-26-29-50(30-27-47)67(82)83)72(106)91(12)41-61(99)87-55(33-28-48-35-53(80)64(54(81)36-48)79(84,85)86)70(104)98-40-52(111-45(5)6)38-58(98)69(103)89-78(43-77(8,9)44-78)76(110)95(16)66(49(19-3)20-4)75(109)94(15)59(71(105)90(10)11)39-62(100)92(56)13/h21-22,45-60,64-67H,17-20,23-44H2,1-16H3,(H,87,99)(H,88,102)(H,89,103)/b22-21-/t46-,47?,48?,50?,52+,53?,54?,55-,56-,57-,58-,59-,60-,64?,65-,66-/m0/s1. The molecular formula is C79H125F7N12O13. The van der Waals surface area contributed by atoms with E-state index in [2.05, 4.69) is 16.0 Å². The molecule has 0 radical (unpaired) electrons. The van der Waals surface area contributed by atoms with Crippen LogP contribution in [-0.4, -0.2) is 288 Å². The fourth-order valence-electron chi connectivity index (χ4n) is 18.0. The van der Waals surface area contributed by atoms with Gasteiger partial charge in [-0.15, -0.1) is 0 Å². The number of nitrogens with one attached hydrogen (secondary N) is 3. The number of carbonyl (C=O) groups excluding carboxylic acids is 12. The van der Waals surface area contributed by atoms with Gasteiger partial charge in [-0.3, -0.25) is 57.5 Å². The van der Waals surface area contributed by atoms with Crippen molar-refractivity contribution in [2.45, 2.75) is 301 Å². The summed E-state index contributed by atoms with van der Waals surface area (Å²) in [5.41, 5.74) is -2.38. The van der Waals surface area contributed by atoms with Crippen LogP contribution in [-0.2, 0) is 62.3 Å². The van der Waals surface area contributed by atoms with Gasteiger partial charge in [0.25, 0.3) is 0 Å². The van der Waals surface area contributed by atoms with Crippen LogP contribution in [0.2, 0.25) is 0 Å². The quantitative estimate of drug-likeness (QED) is 0.0935. The van der Waals surface area contributed by atoms with Gasteiger partial charge in [-0.25, -0.2) is 17.6 Å². The van der Waals surface area contributed by atoms with Crippen LogP contribution in [0.15, 0.2) is 12.2 Å². The van der Waals surface area contributed by atoms with E-state index < -0.39 is 248 Å². The largest absolute Gasteiger partial charge is 0.397 e. The molecule has 2 saturated heterocycles. The third-order valence-electron chi connectivity index (χ3n) is 24.6. The Kier molecular flexibility index (Phi) is 31.8. The maximum Gasteiger partial charge on any atom is 0.397 e. The molecule has 7 rings (SSSR count). The predicted octanol–water partition coefficient (Wildman–Crippen LogP) is 7.61. The molecule has 2 bridgehead atoms. The average molecular weight is 1580 g/mol. The topological polar surface area (TPSA) is 279 Å². The maximum absolute atomic E-state index is 15.8. The molecule has 0 aromatic heterocycles. The lowest BCUT2D eigenvalue weighted by atomic mass is 9.58. The van der Waals surface area contributed by atoms with E-state index >= 15 is 42.3 Å². The zero-order valence-electron chi connectivity index (χ0n) is 68.1. The molecule has 0 aromatic carbocycles. The highest BCUT2D eigenvalue weighted by atomic mass is 19.4. The molecule has 12 amide bonds. The molecule has 1 spiro atoms. The number of hydrogen-bond donors (Lipinski definition) is 3. The van der Waals surface area contributed by atoms with E-state index in [1.807, 2.05) is 34.6 Å². The Hall–Kier alpha value is -7.15. The molecule has 111 heavy (non-hydrogen) atoms. The normalized spacial score (nSPS) is 31.7. The second-order valence-corrected chi connectivity index (χ2v) is 34.1. The second-order valence-electron chi connectivity index (χ2n) is 34.1. The minimum absolute atomic E-state index is 0.00881. The highest BCUT2D eigenvalue weighted by molar-refractivity contribution is 6.01. The number of nitrogens with zero attached hydrogens (tertiary/aromatic N) is 9. The molecular weight excluding hydrogens is 1460 g/mol. The molecule has 12 atom stereocenters. The summed E-state index contributed by atoms with van der Waals surface area (Å²) in [7, 11) is 9.69. The summed E-state index contributed by atoms with van der Waals surface area (Å²) in [5, 5.41) is 8.61. The summed E-state index contributed by atoms with van der Waals surface area (Å²) in [6.07, 6.45) is -10.8. The van der Waals surface area contributed by atoms with Crippen LogP contribution in [0, 0.1) is 40.9 Å². The fraction of sp³-hybridized carbons (Fsp3) is 0.823. The van der Waals surface area contributed by atoms with Gasteiger partial charge < -0.3 is 64.8 Å². The van der Waals surface area contributed by atoms with Gasteiger partial charge in [-0.1, -0.05) is 86.3 Å². The highest BCUT2D eigenvalue weighted by Gasteiger charge is 2.60. The van der Waals surface area contributed by atoms with E-state index in [1.54, 1.807) is 39.8 Å². The van der Waals surface area contributed by atoms with Crippen molar-refractivity contribution in [2.75, 3.05) is 75.5 Å². The summed E-state index contributed by atoms with van der Waals surface area (Å²) in [5.74, 6) is -15.6. The summed E-state index contributed by atoms with van der Waals surface area (Å²) >= 11 is 0. The highest BCUT2D eigenvalue weighted by Crippen LogP contribution is 2.50. The summed E-state index contributed by atoms with van der Waals surface area (Å²) in [6, 6.07) is -11.7. The van der Waals surface area contributed by atoms with E-state index in [1.165, 1.54) is 78.7 Å². The smallest absolute Gasteiger partial charge is 0.374 e. The van der Waals surface area contributed by atoms with Crippen LogP contribution < -0.4 is 16.0 Å². The molecule has 32 heteroatoms. The lowest BCUT2D eigenvalue weighted by Crippen LogP contribution is -2.71. The first kappa shape index (κ1) is 91.0. The van der Waals surface area contributed by atoms with E-state index in [0.29, 0.717) is 38.5 Å². The second kappa shape index (κ2) is 38.8. The number of amides is 12. The van der Waals surface area contributed by atoms with Crippen molar-refractivity contribution >= 4 is 70.9 Å². The molecule has 3 aliphatic heterocycles. The van der Waals surface area contributed by atoms with Crippen molar-refractivity contribution in [1.82, 2.24) is 60.0 Å². The summed E-state index contributed by atoms with van der Waals surface area (Å²) in [6.45, 7) is 14.4. The number of hydrogen-bond acceptors (Lipinski definition) is 13. The Morgan fingerprint density at radius 3 is 1.81 bits per heavy atom. The molecule has 25 nitrogen and oxygen atoms in total. The molecule has 3 heterocycles. The third-order valence-corrected chi connectivity index (χ3v) is 24.6. The predicted molar refractivity (Wildman–Crippen MR) is 399 cm³/mol. The number of alkyl halides is 7. The van der Waals surface area contributed by atoms with E-state index in [9.17, 15) is 45.9 Å². The molecule has 2 unspecified atom stereocenters.